The maximum Gasteiger partial charge on any atom is 0.320 e. The molecular formula is C12H18O3. The first kappa shape index (κ1) is 10.7. The molecule has 0 bridgehead atoms. The Labute approximate surface area is 90.2 Å². The molecule has 0 aromatic heterocycles. The molecule has 0 N–H and O–H groups in total. The summed E-state index contributed by atoms with van der Waals surface area (Å²) in [6, 6.07) is 0. The maximum absolute atomic E-state index is 11.7. The van der Waals surface area contributed by atoms with Crippen molar-refractivity contribution in [1.29, 1.82) is 0 Å². The molecule has 0 radical (unpaired) electrons. The quantitative estimate of drug-likeness (QED) is 0.455. The van der Waals surface area contributed by atoms with Crippen LogP contribution in [0.25, 0.3) is 0 Å². The van der Waals surface area contributed by atoms with Crippen LogP contribution in [0.5, 0.6) is 0 Å². The molecule has 1 saturated carbocycles. The molecule has 2 rings (SSSR count). The highest BCUT2D eigenvalue weighted by Gasteiger charge is 2.55. The fraction of sp³-hybridized carbons (Fsp3) is 0.833. The van der Waals surface area contributed by atoms with Gasteiger partial charge in [0, 0.05) is 0 Å². The predicted molar refractivity (Wildman–Crippen MR) is 54.9 cm³/mol. The number of cyclic esters (lactones) is 2. The van der Waals surface area contributed by atoms with Crippen LogP contribution in [0.4, 0.5) is 0 Å². The highest BCUT2D eigenvalue weighted by molar-refractivity contribution is 5.97. The van der Waals surface area contributed by atoms with Gasteiger partial charge < -0.3 is 4.74 Å². The SMILES string of the molecule is CC1CC(C)(C)CCC12CC(=O)OC2=O. The third-order valence-electron chi connectivity index (χ3n) is 4.12. The van der Waals surface area contributed by atoms with Gasteiger partial charge in [0.2, 0.25) is 0 Å². The molecule has 1 spiro atoms. The van der Waals surface area contributed by atoms with E-state index in [0.717, 1.165) is 19.3 Å². The number of hydrogen-bond donors (Lipinski definition) is 0. The summed E-state index contributed by atoms with van der Waals surface area (Å²) >= 11 is 0. The second-order valence-corrected chi connectivity index (χ2v) is 5.86. The van der Waals surface area contributed by atoms with Gasteiger partial charge in [0.25, 0.3) is 0 Å². The number of ether oxygens (including phenoxy) is 1. The van der Waals surface area contributed by atoms with Crippen molar-refractivity contribution < 1.29 is 14.3 Å². The summed E-state index contributed by atoms with van der Waals surface area (Å²) < 4.78 is 4.72. The molecule has 1 aliphatic heterocycles. The van der Waals surface area contributed by atoms with Crippen molar-refractivity contribution in [1.82, 2.24) is 0 Å². The lowest BCUT2D eigenvalue weighted by Gasteiger charge is -2.43. The van der Waals surface area contributed by atoms with Gasteiger partial charge in [-0.2, -0.15) is 0 Å². The standard InChI is InChI=1S/C12H18O3/c1-8-6-11(2,3)4-5-12(8)7-9(13)15-10(12)14/h8H,4-7H2,1-3H3. The van der Waals surface area contributed by atoms with Crippen LogP contribution in [0.2, 0.25) is 0 Å². The second-order valence-electron chi connectivity index (χ2n) is 5.86. The summed E-state index contributed by atoms with van der Waals surface area (Å²) in [6.45, 7) is 6.51. The van der Waals surface area contributed by atoms with E-state index in [-0.39, 0.29) is 23.3 Å². The average Bonchev–Trinajstić information content (AvgIpc) is 2.36. The zero-order chi connectivity index (χ0) is 11.3. The van der Waals surface area contributed by atoms with E-state index < -0.39 is 5.41 Å². The van der Waals surface area contributed by atoms with E-state index in [1.54, 1.807) is 0 Å². The summed E-state index contributed by atoms with van der Waals surface area (Å²) in [5.74, 6) is -0.373. The van der Waals surface area contributed by atoms with Crippen LogP contribution in [0.1, 0.15) is 46.5 Å². The lowest BCUT2D eigenvalue weighted by atomic mass is 9.59. The van der Waals surface area contributed by atoms with Crippen molar-refractivity contribution in [3.63, 3.8) is 0 Å². The summed E-state index contributed by atoms with van der Waals surface area (Å²) in [5, 5.41) is 0. The van der Waals surface area contributed by atoms with Crippen molar-refractivity contribution in [2.75, 3.05) is 0 Å². The van der Waals surface area contributed by atoms with Crippen molar-refractivity contribution in [2.45, 2.75) is 46.5 Å². The number of carbonyl (C=O) groups excluding carboxylic acids is 2. The minimum atomic E-state index is -0.493. The average molecular weight is 210 g/mol. The van der Waals surface area contributed by atoms with Crippen molar-refractivity contribution in [2.24, 2.45) is 16.7 Å². The van der Waals surface area contributed by atoms with E-state index in [4.69, 9.17) is 4.74 Å². The Morgan fingerprint density at radius 2 is 1.93 bits per heavy atom. The highest BCUT2D eigenvalue weighted by atomic mass is 16.6. The molecule has 1 saturated heterocycles. The molecule has 0 aromatic rings. The van der Waals surface area contributed by atoms with Crippen LogP contribution in [-0.4, -0.2) is 11.9 Å². The van der Waals surface area contributed by atoms with Crippen LogP contribution in [0.15, 0.2) is 0 Å². The Morgan fingerprint density at radius 1 is 1.27 bits per heavy atom. The molecule has 1 aliphatic carbocycles. The van der Waals surface area contributed by atoms with Crippen LogP contribution in [0.3, 0.4) is 0 Å². The van der Waals surface area contributed by atoms with Gasteiger partial charge in [-0.05, 0) is 30.6 Å². The summed E-state index contributed by atoms with van der Waals surface area (Å²) in [7, 11) is 0. The summed E-state index contributed by atoms with van der Waals surface area (Å²) in [6.07, 6.45) is 3.09. The van der Waals surface area contributed by atoms with Crippen molar-refractivity contribution in [3.8, 4) is 0 Å². The minimum absolute atomic E-state index is 0.250. The molecule has 2 atom stereocenters. The lowest BCUT2D eigenvalue weighted by molar-refractivity contribution is -0.157. The van der Waals surface area contributed by atoms with E-state index in [1.165, 1.54) is 0 Å². The molecule has 2 aliphatic rings. The van der Waals surface area contributed by atoms with E-state index in [9.17, 15) is 9.59 Å². The smallest absolute Gasteiger partial charge is 0.320 e. The van der Waals surface area contributed by atoms with E-state index in [2.05, 4.69) is 20.8 Å². The first-order valence-corrected chi connectivity index (χ1v) is 5.61. The van der Waals surface area contributed by atoms with Gasteiger partial charge in [-0.3, -0.25) is 9.59 Å². The Hall–Kier alpha value is -0.860. The van der Waals surface area contributed by atoms with E-state index in [1.807, 2.05) is 0 Å². The van der Waals surface area contributed by atoms with Crippen LogP contribution in [-0.2, 0) is 14.3 Å². The number of hydrogen-bond acceptors (Lipinski definition) is 3. The fourth-order valence-electron chi connectivity index (χ4n) is 3.07. The van der Waals surface area contributed by atoms with Gasteiger partial charge in [-0.15, -0.1) is 0 Å². The second kappa shape index (κ2) is 3.06. The Balaban J connectivity index is 2.24. The topological polar surface area (TPSA) is 43.4 Å². The largest absolute Gasteiger partial charge is 0.393 e. The van der Waals surface area contributed by atoms with Crippen molar-refractivity contribution >= 4 is 11.9 Å². The molecule has 15 heavy (non-hydrogen) atoms. The molecule has 0 amide bonds. The minimum Gasteiger partial charge on any atom is -0.393 e. The molecule has 3 nitrogen and oxygen atoms in total. The maximum atomic E-state index is 11.7. The molecular weight excluding hydrogens is 192 g/mol. The van der Waals surface area contributed by atoms with Gasteiger partial charge >= 0.3 is 11.9 Å². The fourth-order valence-corrected chi connectivity index (χ4v) is 3.07. The zero-order valence-corrected chi connectivity index (χ0v) is 9.63. The molecule has 2 fully saturated rings. The number of carbonyl (C=O) groups is 2. The molecule has 2 unspecified atom stereocenters. The third kappa shape index (κ3) is 1.58. The van der Waals surface area contributed by atoms with Crippen LogP contribution < -0.4 is 0 Å². The lowest BCUT2D eigenvalue weighted by Crippen LogP contribution is -2.41. The highest BCUT2D eigenvalue weighted by Crippen LogP contribution is 2.53. The Bertz CT molecular complexity index is 319. The first-order chi connectivity index (χ1) is 6.86. The molecule has 1 heterocycles. The van der Waals surface area contributed by atoms with Crippen LogP contribution >= 0.6 is 0 Å². The van der Waals surface area contributed by atoms with Gasteiger partial charge in [-0.25, -0.2) is 0 Å². The predicted octanol–water partition coefficient (Wildman–Crippen LogP) is 2.29. The Kier molecular flexibility index (Phi) is 2.18. The van der Waals surface area contributed by atoms with Crippen LogP contribution in [0, 0.1) is 16.7 Å². The first-order valence-electron chi connectivity index (χ1n) is 5.61. The number of esters is 2. The summed E-state index contributed by atoms with van der Waals surface area (Å²) in [4.78, 5) is 22.9. The molecule has 0 aromatic carbocycles. The van der Waals surface area contributed by atoms with Crippen molar-refractivity contribution in [3.05, 3.63) is 0 Å². The number of rotatable bonds is 0. The van der Waals surface area contributed by atoms with Gasteiger partial charge in [0.1, 0.15) is 0 Å². The molecule has 3 heteroatoms. The monoisotopic (exact) mass is 210 g/mol. The zero-order valence-electron chi connectivity index (χ0n) is 9.63. The Morgan fingerprint density at radius 3 is 2.40 bits per heavy atom. The van der Waals surface area contributed by atoms with E-state index in [0.29, 0.717) is 6.42 Å². The summed E-state index contributed by atoms with van der Waals surface area (Å²) in [5.41, 5.74) is -0.205. The van der Waals surface area contributed by atoms with Gasteiger partial charge in [0.15, 0.2) is 0 Å². The normalized spacial score (nSPS) is 39.5. The van der Waals surface area contributed by atoms with E-state index >= 15 is 0 Å². The van der Waals surface area contributed by atoms with Gasteiger partial charge in [-0.1, -0.05) is 20.8 Å². The molecule has 84 valence electrons. The van der Waals surface area contributed by atoms with Gasteiger partial charge in [0.05, 0.1) is 11.8 Å². The third-order valence-corrected chi connectivity index (χ3v) is 4.12.